The maximum Gasteiger partial charge on any atom is 0.268 e. The van der Waals surface area contributed by atoms with Crippen molar-refractivity contribution in [2.24, 2.45) is 0 Å². The Morgan fingerprint density at radius 3 is 1.84 bits per heavy atom. The molecule has 0 fully saturated rings. The van der Waals surface area contributed by atoms with Crippen LogP contribution in [0.15, 0.2) is 24.3 Å². The molecule has 0 rings (SSSR count). The van der Waals surface area contributed by atoms with Gasteiger partial charge in [0.2, 0.25) is 5.91 Å². The number of likely N-dealkylation sites (N-methyl/N-ethyl adjacent to an activating group) is 1. The first-order chi connectivity index (χ1) is 21.0. The summed E-state index contributed by atoms with van der Waals surface area (Å²) in [5.41, 5.74) is 0. The number of rotatable bonds is 31. The van der Waals surface area contributed by atoms with Gasteiger partial charge in [-0.25, -0.2) is 0 Å². The zero-order valence-electron chi connectivity index (χ0n) is 29.1. The Hall–Kier alpha value is -1.02. The van der Waals surface area contributed by atoms with Gasteiger partial charge < -0.3 is 28.8 Å². The molecule has 260 valence electrons. The fourth-order valence-electron chi connectivity index (χ4n) is 4.75. The van der Waals surface area contributed by atoms with Crippen molar-refractivity contribution in [3.05, 3.63) is 24.3 Å². The molecule has 0 saturated heterocycles. The fourth-order valence-corrected chi connectivity index (χ4v) is 5.48. The van der Waals surface area contributed by atoms with Gasteiger partial charge in [0, 0.05) is 6.42 Å². The molecule has 8 nitrogen and oxygen atoms in total. The van der Waals surface area contributed by atoms with Crippen LogP contribution in [0.4, 0.5) is 0 Å². The molecular formula is C35H69N2O6P. The van der Waals surface area contributed by atoms with Gasteiger partial charge in [-0.1, -0.05) is 128 Å². The van der Waals surface area contributed by atoms with Crippen molar-refractivity contribution >= 4 is 13.7 Å². The Bertz CT molecular complexity index is 784. The molecule has 0 aliphatic rings. The highest BCUT2D eigenvalue weighted by atomic mass is 31.2. The number of phosphoric ester groups is 1. The smallest absolute Gasteiger partial charge is 0.268 e. The van der Waals surface area contributed by atoms with Crippen LogP contribution in [0.3, 0.4) is 0 Å². The van der Waals surface area contributed by atoms with Crippen molar-refractivity contribution in [2.75, 3.05) is 40.9 Å². The number of nitrogens with one attached hydrogen (secondary N) is 1. The van der Waals surface area contributed by atoms with Crippen LogP contribution in [0.25, 0.3) is 0 Å². The standard InChI is InChI=1S/C35H69N2O6P/c1-6-8-10-12-14-16-18-20-22-24-26-28-34(38)33(32-43-44(40,41)42-31-30-37(3,4)5)36-35(39)29-27-25-23-21-19-17-15-13-11-9-7-2/h18,20,26,28,33-34,38H,6-17,19,21-25,27,29-32H2,1-5H3,(H-,36,39,40,41)/b20-18+,28-26+. The third-order valence-corrected chi connectivity index (χ3v) is 8.63. The summed E-state index contributed by atoms with van der Waals surface area (Å²) in [5.74, 6) is -0.212. The van der Waals surface area contributed by atoms with E-state index in [1.54, 1.807) is 6.08 Å². The zero-order chi connectivity index (χ0) is 32.9. The number of hydrogen-bond donors (Lipinski definition) is 2. The molecule has 3 atom stereocenters. The molecule has 0 heterocycles. The van der Waals surface area contributed by atoms with Crippen molar-refractivity contribution in [1.82, 2.24) is 5.32 Å². The van der Waals surface area contributed by atoms with Gasteiger partial charge in [-0.05, 0) is 32.1 Å². The van der Waals surface area contributed by atoms with E-state index in [0.29, 0.717) is 17.4 Å². The number of quaternary nitrogens is 1. The first kappa shape index (κ1) is 43.0. The van der Waals surface area contributed by atoms with E-state index in [9.17, 15) is 19.4 Å². The molecular weight excluding hydrogens is 575 g/mol. The summed E-state index contributed by atoms with van der Waals surface area (Å²) in [4.78, 5) is 25.0. The second kappa shape index (κ2) is 28.2. The molecule has 0 bridgehead atoms. The van der Waals surface area contributed by atoms with Crippen molar-refractivity contribution < 1.29 is 32.9 Å². The van der Waals surface area contributed by atoms with E-state index in [2.05, 4.69) is 31.3 Å². The van der Waals surface area contributed by atoms with Gasteiger partial charge in [0.25, 0.3) is 7.82 Å². The molecule has 0 aliphatic heterocycles. The molecule has 0 aromatic rings. The van der Waals surface area contributed by atoms with Crippen molar-refractivity contribution in [1.29, 1.82) is 0 Å². The van der Waals surface area contributed by atoms with Gasteiger partial charge in [0.1, 0.15) is 13.2 Å². The Morgan fingerprint density at radius 2 is 1.27 bits per heavy atom. The monoisotopic (exact) mass is 644 g/mol. The molecule has 0 saturated carbocycles. The SMILES string of the molecule is CCCCCCC/C=C/CC/C=C/C(O)C(COP(=O)([O-])OCC[N+](C)(C)C)NC(=O)CCCCCCCCCCCCC. The van der Waals surface area contributed by atoms with Crippen LogP contribution in [0, 0.1) is 0 Å². The van der Waals surface area contributed by atoms with Crippen LogP contribution >= 0.6 is 7.82 Å². The van der Waals surface area contributed by atoms with Crippen LogP contribution in [0.1, 0.15) is 142 Å². The van der Waals surface area contributed by atoms with Crippen LogP contribution < -0.4 is 10.2 Å². The van der Waals surface area contributed by atoms with Crippen LogP contribution in [-0.2, 0) is 18.4 Å². The minimum Gasteiger partial charge on any atom is -0.756 e. The minimum absolute atomic E-state index is 0.00508. The average Bonchev–Trinajstić information content (AvgIpc) is 2.95. The van der Waals surface area contributed by atoms with E-state index < -0.39 is 26.6 Å². The summed E-state index contributed by atoms with van der Waals surface area (Å²) in [6.45, 7) is 4.56. The number of unbranched alkanes of at least 4 members (excludes halogenated alkanes) is 16. The first-order valence-electron chi connectivity index (χ1n) is 17.7. The molecule has 0 spiro atoms. The molecule has 3 unspecified atom stereocenters. The largest absolute Gasteiger partial charge is 0.756 e. The topological polar surface area (TPSA) is 108 Å². The lowest BCUT2D eigenvalue weighted by molar-refractivity contribution is -0.870. The predicted octanol–water partition coefficient (Wildman–Crippen LogP) is 7.99. The molecule has 0 aromatic heterocycles. The second-order valence-electron chi connectivity index (χ2n) is 13.2. The van der Waals surface area contributed by atoms with E-state index in [4.69, 9.17) is 9.05 Å². The average molecular weight is 645 g/mol. The molecule has 44 heavy (non-hydrogen) atoms. The van der Waals surface area contributed by atoms with Crippen molar-refractivity contribution in [3.63, 3.8) is 0 Å². The number of allylic oxidation sites excluding steroid dienone is 3. The summed E-state index contributed by atoms with van der Waals surface area (Å²) in [7, 11) is 1.24. The van der Waals surface area contributed by atoms with Gasteiger partial charge in [0.05, 0.1) is 39.9 Å². The van der Waals surface area contributed by atoms with Gasteiger partial charge in [-0.3, -0.25) is 9.36 Å². The van der Waals surface area contributed by atoms with E-state index in [1.807, 2.05) is 27.2 Å². The highest BCUT2D eigenvalue weighted by Gasteiger charge is 2.23. The first-order valence-corrected chi connectivity index (χ1v) is 19.2. The number of aliphatic hydroxyl groups excluding tert-OH is 1. The summed E-state index contributed by atoms with van der Waals surface area (Å²) in [6, 6.07) is -0.894. The molecule has 2 N–H and O–H groups in total. The molecule has 9 heteroatoms. The quantitative estimate of drug-likeness (QED) is 0.0343. The second-order valence-corrected chi connectivity index (χ2v) is 14.6. The van der Waals surface area contributed by atoms with Crippen molar-refractivity contribution in [2.45, 2.75) is 154 Å². The van der Waals surface area contributed by atoms with E-state index in [1.165, 1.54) is 83.5 Å². The lowest BCUT2D eigenvalue weighted by atomic mass is 10.0. The Morgan fingerprint density at radius 1 is 0.773 bits per heavy atom. The van der Waals surface area contributed by atoms with Gasteiger partial charge in [-0.15, -0.1) is 0 Å². The predicted molar refractivity (Wildman–Crippen MR) is 182 cm³/mol. The molecule has 0 radical (unpaired) electrons. The van der Waals surface area contributed by atoms with Crippen LogP contribution in [-0.4, -0.2) is 68.5 Å². The minimum atomic E-state index is -4.58. The zero-order valence-corrected chi connectivity index (χ0v) is 30.0. The van der Waals surface area contributed by atoms with Gasteiger partial charge >= 0.3 is 0 Å². The molecule has 0 aromatic carbocycles. The highest BCUT2D eigenvalue weighted by molar-refractivity contribution is 7.45. The molecule has 1 amide bonds. The Labute approximate surface area is 271 Å². The maximum absolute atomic E-state index is 12.7. The summed E-state index contributed by atoms with van der Waals surface area (Å²) < 4.78 is 23.0. The lowest BCUT2D eigenvalue weighted by Crippen LogP contribution is -2.45. The lowest BCUT2D eigenvalue weighted by Gasteiger charge is -2.29. The Kier molecular flexibility index (Phi) is 27.6. The number of aliphatic hydroxyl groups is 1. The van der Waals surface area contributed by atoms with Crippen LogP contribution in [0.5, 0.6) is 0 Å². The number of amides is 1. The van der Waals surface area contributed by atoms with E-state index >= 15 is 0 Å². The summed E-state index contributed by atoms with van der Waals surface area (Å²) in [5, 5.41) is 13.6. The van der Waals surface area contributed by atoms with Gasteiger partial charge in [0.15, 0.2) is 0 Å². The van der Waals surface area contributed by atoms with Crippen LogP contribution in [0.2, 0.25) is 0 Å². The van der Waals surface area contributed by atoms with E-state index in [-0.39, 0.29) is 12.5 Å². The van der Waals surface area contributed by atoms with E-state index in [0.717, 1.165) is 38.5 Å². The van der Waals surface area contributed by atoms with Gasteiger partial charge in [-0.2, -0.15) is 0 Å². The highest BCUT2D eigenvalue weighted by Crippen LogP contribution is 2.38. The third-order valence-electron chi connectivity index (χ3n) is 7.66. The summed E-state index contributed by atoms with van der Waals surface area (Å²) >= 11 is 0. The maximum atomic E-state index is 12.7. The number of phosphoric acid groups is 1. The normalized spacial score (nSPS) is 15.2. The number of carbonyl (C=O) groups excluding carboxylic acids is 1. The molecule has 0 aliphatic carbocycles. The number of carbonyl (C=O) groups is 1. The number of nitrogens with zero attached hydrogens (tertiary/aromatic N) is 1. The third kappa shape index (κ3) is 29.7. The fraction of sp³-hybridized carbons (Fsp3) is 0.857. The van der Waals surface area contributed by atoms with Crippen molar-refractivity contribution in [3.8, 4) is 0 Å². The number of hydrogen-bond acceptors (Lipinski definition) is 6. The Balaban J connectivity index is 4.65. The summed E-state index contributed by atoms with van der Waals surface area (Å²) in [6.07, 6.45) is 29.3.